The summed E-state index contributed by atoms with van der Waals surface area (Å²) in [5, 5.41) is 0. The Labute approximate surface area is 82.0 Å². The zero-order valence-electron chi connectivity index (χ0n) is 7.88. The van der Waals surface area contributed by atoms with Crippen molar-refractivity contribution in [3.05, 3.63) is 0 Å². The molecular weight excluding hydrogens is 211 g/mol. The summed E-state index contributed by atoms with van der Waals surface area (Å²) < 4.78 is 36.2. The second kappa shape index (κ2) is 4.26. The van der Waals surface area contributed by atoms with E-state index in [1.165, 1.54) is 7.11 Å². The first kappa shape index (κ1) is 10.5. The van der Waals surface area contributed by atoms with E-state index in [1.54, 1.807) is 0 Å². The second-order valence-corrected chi connectivity index (χ2v) is 4.91. The van der Waals surface area contributed by atoms with Crippen LogP contribution in [0.15, 0.2) is 0 Å². The van der Waals surface area contributed by atoms with Crippen LogP contribution in [-0.4, -0.2) is 45.7 Å². The zero-order valence-corrected chi connectivity index (χ0v) is 8.77. The van der Waals surface area contributed by atoms with Crippen LogP contribution < -0.4 is 0 Å². The van der Waals surface area contributed by atoms with Gasteiger partial charge < -0.3 is 9.47 Å². The van der Waals surface area contributed by atoms with Crippen molar-refractivity contribution in [3.8, 4) is 0 Å². The number of hydrogen-bond donors (Lipinski definition) is 0. The van der Waals surface area contributed by atoms with Gasteiger partial charge in [0.2, 0.25) is 0 Å². The minimum Gasteiger partial charge on any atom is -0.371 e. The fourth-order valence-corrected chi connectivity index (χ4v) is 1.80. The lowest BCUT2D eigenvalue weighted by Crippen LogP contribution is -2.06. The Kier molecular flexibility index (Phi) is 3.21. The first-order chi connectivity index (χ1) is 6.72. The Bertz CT molecular complexity index is 216. The summed E-state index contributed by atoms with van der Waals surface area (Å²) in [6.45, 7) is 1.79. The lowest BCUT2D eigenvalue weighted by atomic mass is 10.5. The molecule has 0 aromatic carbocycles. The minimum absolute atomic E-state index is 0.0410. The number of phosphoric acid groups is 1. The van der Waals surface area contributed by atoms with Crippen molar-refractivity contribution in [2.75, 3.05) is 33.5 Å². The number of rotatable bonds is 7. The van der Waals surface area contributed by atoms with Gasteiger partial charge in [-0.05, 0) is 0 Å². The second-order valence-electron chi connectivity index (χ2n) is 3.13. The van der Waals surface area contributed by atoms with Crippen molar-refractivity contribution < 1.29 is 27.6 Å². The van der Waals surface area contributed by atoms with Gasteiger partial charge in [-0.2, -0.15) is 0 Å². The molecular formula is C7H13O6P. The molecule has 2 rings (SSSR count). The summed E-state index contributed by atoms with van der Waals surface area (Å²) in [4.78, 5) is 0. The molecule has 0 N–H and O–H groups in total. The predicted octanol–water partition coefficient (Wildman–Crippen LogP) is 0.572. The lowest BCUT2D eigenvalue weighted by Gasteiger charge is -2.14. The van der Waals surface area contributed by atoms with E-state index >= 15 is 0 Å². The first-order valence-electron chi connectivity index (χ1n) is 4.40. The van der Waals surface area contributed by atoms with Crippen LogP contribution in [0.25, 0.3) is 0 Å². The Morgan fingerprint density at radius 1 is 1.21 bits per heavy atom. The highest BCUT2D eigenvalue weighted by molar-refractivity contribution is 7.48. The van der Waals surface area contributed by atoms with Crippen LogP contribution in [0.5, 0.6) is 0 Å². The molecule has 2 aliphatic heterocycles. The largest absolute Gasteiger partial charge is 0.474 e. The van der Waals surface area contributed by atoms with Crippen LogP contribution in [0, 0.1) is 0 Å². The molecule has 0 bridgehead atoms. The highest BCUT2D eigenvalue weighted by Crippen LogP contribution is 2.49. The summed E-state index contributed by atoms with van der Waals surface area (Å²) >= 11 is 0. The Morgan fingerprint density at radius 3 is 1.93 bits per heavy atom. The van der Waals surface area contributed by atoms with Crippen molar-refractivity contribution in [2.45, 2.75) is 12.2 Å². The van der Waals surface area contributed by atoms with Crippen LogP contribution in [-0.2, 0) is 27.6 Å². The maximum Gasteiger partial charge on any atom is 0.474 e. The highest BCUT2D eigenvalue weighted by atomic mass is 31.2. The van der Waals surface area contributed by atoms with Crippen LogP contribution in [0.3, 0.4) is 0 Å². The van der Waals surface area contributed by atoms with Gasteiger partial charge in [0.1, 0.15) is 12.2 Å². The van der Waals surface area contributed by atoms with E-state index in [-0.39, 0.29) is 25.4 Å². The smallest absolute Gasteiger partial charge is 0.371 e. The molecule has 2 aliphatic rings. The van der Waals surface area contributed by atoms with Crippen molar-refractivity contribution >= 4 is 7.82 Å². The summed E-state index contributed by atoms with van der Waals surface area (Å²) in [7, 11) is -2.09. The topological polar surface area (TPSA) is 69.8 Å². The molecule has 6 nitrogen and oxygen atoms in total. The van der Waals surface area contributed by atoms with Crippen LogP contribution in [0.2, 0.25) is 0 Å². The van der Waals surface area contributed by atoms with E-state index in [1.807, 2.05) is 0 Å². The Balaban J connectivity index is 1.70. The summed E-state index contributed by atoms with van der Waals surface area (Å²) in [5.41, 5.74) is 0. The van der Waals surface area contributed by atoms with Crippen LogP contribution in [0.1, 0.15) is 0 Å². The van der Waals surface area contributed by atoms with Gasteiger partial charge in [0.15, 0.2) is 0 Å². The van der Waals surface area contributed by atoms with Gasteiger partial charge in [0, 0.05) is 7.11 Å². The van der Waals surface area contributed by atoms with Gasteiger partial charge >= 0.3 is 7.82 Å². The molecule has 0 spiro atoms. The lowest BCUT2D eigenvalue weighted by molar-refractivity contribution is 0.116. The molecule has 7 heteroatoms. The number of epoxide rings is 2. The van der Waals surface area contributed by atoms with Gasteiger partial charge in [-0.15, -0.1) is 0 Å². The van der Waals surface area contributed by atoms with Gasteiger partial charge in [0.25, 0.3) is 0 Å². The Morgan fingerprint density at radius 2 is 1.64 bits per heavy atom. The quantitative estimate of drug-likeness (QED) is 0.465. The molecule has 2 fully saturated rings. The van der Waals surface area contributed by atoms with Gasteiger partial charge in [-0.3, -0.25) is 13.6 Å². The molecule has 0 aromatic rings. The molecule has 2 saturated heterocycles. The van der Waals surface area contributed by atoms with Crippen molar-refractivity contribution in [3.63, 3.8) is 0 Å². The maximum absolute atomic E-state index is 11.7. The van der Waals surface area contributed by atoms with Crippen LogP contribution >= 0.6 is 7.82 Å². The summed E-state index contributed by atoms with van der Waals surface area (Å²) in [6, 6.07) is 0. The fourth-order valence-electron chi connectivity index (χ4n) is 0.820. The first-order valence-corrected chi connectivity index (χ1v) is 5.86. The van der Waals surface area contributed by atoms with Gasteiger partial charge in [-0.1, -0.05) is 0 Å². The molecule has 0 amide bonds. The third kappa shape index (κ3) is 3.31. The van der Waals surface area contributed by atoms with Crippen molar-refractivity contribution in [2.24, 2.45) is 0 Å². The third-order valence-corrected chi connectivity index (χ3v) is 3.24. The van der Waals surface area contributed by atoms with Crippen molar-refractivity contribution in [1.82, 2.24) is 0 Å². The van der Waals surface area contributed by atoms with E-state index in [2.05, 4.69) is 0 Å². The van der Waals surface area contributed by atoms with E-state index in [4.69, 9.17) is 23.0 Å². The molecule has 14 heavy (non-hydrogen) atoms. The fraction of sp³-hybridized carbons (Fsp3) is 1.00. The summed E-state index contributed by atoms with van der Waals surface area (Å²) in [5.74, 6) is 0. The SMILES string of the molecule is COP(=O)(OCC1CO1)OCC1CO1. The number of hydrogen-bond acceptors (Lipinski definition) is 6. The average Bonchev–Trinajstić information content (AvgIpc) is 3.05. The molecule has 0 aromatic heterocycles. The highest BCUT2D eigenvalue weighted by Gasteiger charge is 2.34. The normalized spacial score (nSPS) is 33.8. The monoisotopic (exact) mass is 224 g/mol. The Hall–Kier alpha value is 0.0300. The van der Waals surface area contributed by atoms with Crippen LogP contribution in [0.4, 0.5) is 0 Å². The van der Waals surface area contributed by atoms with E-state index in [0.29, 0.717) is 13.2 Å². The molecule has 2 heterocycles. The van der Waals surface area contributed by atoms with E-state index < -0.39 is 7.82 Å². The molecule has 82 valence electrons. The molecule has 2 atom stereocenters. The van der Waals surface area contributed by atoms with Gasteiger partial charge in [0.05, 0.1) is 26.4 Å². The molecule has 0 radical (unpaired) electrons. The van der Waals surface area contributed by atoms with Crippen molar-refractivity contribution in [1.29, 1.82) is 0 Å². The maximum atomic E-state index is 11.7. The van der Waals surface area contributed by atoms with Gasteiger partial charge in [-0.25, -0.2) is 4.57 Å². The molecule has 2 unspecified atom stereocenters. The standard InChI is InChI=1S/C7H13O6P/c1-9-14(8,12-4-6-2-10-6)13-5-7-3-11-7/h6-7H,2-5H2,1H3. The summed E-state index contributed by atoms with van der Waals surface area (Å²) in [6.07, 6.45) is 0.0819. The molecule has 0 saturated carbocycles. The third-order valence-electron chi connectivity index (χ3n) is 1.87. The zero-order chi connectivity index (χ0) is 10.0. The number of phosphoric ester groups is 1. The average molecular weight is 224 g/mol. The predicted molar refractivity (Wildman–Crippen MR) is 46.0 cm³/mol. The molecule has 0 aliphatic carbocycles. The minimum atomic E-state index is -3.39. The number of ether oxygens (including phenoxy) is 2. The van der Waals surface area contributed by atoms with E-state index in [9.17, 15) is 4.57 Å². The van der Waals surface area contributed by atoms with E-state index in [0.717, 1.165) is 0 Å².